The van der Waals surface area contributed by atoms with E-state index >= 15 is 0 Å². The Bertz CT molecular complexity index is 596. The second-order valence-corrected chi connectivity index (χ2v) is 5.55. The predicted molar refractivity (Wildman–Crippen MR) is 84.0 cm³/mol. The lowest BCUT2D eigenvalue weighted by atomic mass is 9.49. The van der Waals surface area contributed by atoms with Crippen molar-refractivity contribution in [3.8, 4) is 5.75 Å². The Hall–Kier alpha value is -1.48. The van der Waals surface area contributed by atoms with E-state index in [0.717, 1.165) is 5.56 Å². The molecule has 2 rings (SSSR count). The van der Waals surface area contributed by atoms with Gasteiger partial charge in [-0.1, -0.05) is 48.9 Å². The predicted octanol–water partition coefficient (Wildman–Crippen LogP) is 4.33. The zero-order valence-electron chi connectivity index (χ0n) is 11.9. The van der Waals surface area contributed by atoms with Gasteiger partial charge in [0.25, 0.3) is 0 Å². The molecule has 0 unspecified atom stereocenters. The molecule has 0 N–H and O–H groups in total. The van der Waals surface area contributed by atoms with Crippen LogP contribution in [-0.4, -0.2) is 6.71 Å². The Kier molecular flexibility index (Phi) is 4.71. The summed E-state index contributed by atoms with van der Waals surface area (Å²) in [5, 5.41) is 0.434. The normalized spacial score (nSPS) is 10.4. The molecule has 0 aliphatic carbocycles. The Morgan fingerprint density at radius 1 is 1.10 bits per heavy atom. The van der Waals surface area contributed by atoms with Crippen LogP contribution in [0.5, 0.6) is 5.75 Å². The summed E-state index contributed by atoms with van der Waals surface area (Å²) in [6, 6.07) is 10.9. The fourth-order valence-electron chi connectivity index (χ4n) is 1.95. The lowest BCUT2D eigenvalue weighted by molar-refractivity contribution is 0.300. The van der Waals surface area contributed by atoms with Crippen LogP contribution in [0.15, 0.2) is 36.4 Å². The molecule has 0 amide bonds. The average Bonchev–Trinajstić information content (AvgIpc) is 2.43. The van der Waals surface area contributed by atoms with Crippen molar-refractivity contribution in [2.75, 3.05) is 0 Å². The minimum Gasteiger partial charge on any atom is -0.489 e. The molecule has 0 heterocycles. The molecule has 0 spiro atoms. The first-order valence-corrected chi connectivity index (χ1v) is 7.03. The minimum absolute atomic E-state index is 0.132. The average molecular weight is 291 g/mol. The van der Waals surface area contributed by atoms with Gasteiger partial charge in [-0.2, -0.15) is 0 Å². The van der Waals surface area contributed by atoms with Crippen LogP contribution < -0.4 is 10.2 Å². The molecule has 104 valence electrons. The molecule has 0 atom stereocenters. The van der Waals surface area contributed by atoms with Crippen LogP contribution in [0, 0.1) is 12.7 Å². The van der Waals surface area contributed by atoms with E-state index in [1.807, 2.05) is 31.2 Å². The first-order chi connectivity index (χ1) is 9.49. The van der Waals surface area contributed by atoms with Gasteiger partial charge in [0, 0.05) is 5.56 Å². The third kappa shape index (κ3) is 3.34. The van der Waals surface area contributed by atoms with Crippen LogP contribution in [0.25, 0.3) is 0 Å². The van der Waals surface area contributed by atoms with Crippen molar-refractivity contribution in [1.29, 1.82) is 0 Å². The minimum atomic E-state index is -0.334. The van der Waals surface area contributed by atoms with E-state index in [2.05, 4.69) is 13.6 Å². The maximum atomic E-state index is 13.7. The number of ether oxygens (including phenoxy) is 1. The molecular weight excluding hydrogens is 273 g/mol. The second-order valence-electron chi connectivity index (χ2n) is 5.17. The molecule has 1 nitrogen and oxygen atoms in total. The van der Waals surface area contributed by atoms with Crippen molar-refractivity contribution in [3.05, 3.63) is 58.4 Å². The molecule has 0 aromatic heterocycles. The van der Waals surface area contributed by atoms with E-state index in [1.165, 1.54) is 11.5 Å². The molecule has 0 saturated heterocycles. The van der Waals surface area contributed by atoms with Crippen LogP contribution in [0.1, 0.15) is 11.1 Å². The van der Waals surface area contributed by atoms with E-state index in [4.69, 9.17) is 16.3 Å². The van der Waals surface area contributed by atoms with Crippen molar-refractivity contribution in [2.45, 2.75) is 27.2 Å². The molecule has 0 saturated carbocycles. The van der Waals surface area contributed by atoms with Crippen molar-refractivity contribution in [3.63, 3.8) is 0 Å². The topological polar surface area (TPSA) is 9.23 Å². The molecule has 0 bridgehead atoms. The van der Waals surface area contributed by atoms with Gasteiger partial charge in [0.05, 0.1) is 5.02 Å². The number of benzene rings is 2. The fourth-order valence-corrected chi connectivity index (χ4v) is 2.16. The second kappa shape index (κ2) is 6.32. The van der Waals surface area contributed by atoms with Gasteiger partial charge >= 0.3 is 0 Å². The Morgan fingerprint density at radius 2 is 1.75 bits per heavy atom. The number of hydrogen-bond acceptors (Lipinski definition) is 1. The number of rotatable bonds is 4. The van der Waals surface area contributed by atoms with Crippen LogP contribution >= 0.6 is 11.6 Å². The highest BCUT2D eigenvalue weighted by molar-refractivity contribution is 6.70. The van der Waals surface area contributed by atoms with Gasteiger partial charge in [-0.3, -0.25) is 0 Å². The maximum absolute atomic E-state index is 13.7. The van der Waals surface area contributed by atoms with Crippen molar-refractivity contribution >= 4 is 23.8 Å². The summed E-state index contributed by atoms with van der Waals surface area (Å²) < 4.78 is 19.4. The summed E-state index contributed by atoms with van der Waals surface area (Å²) in [4.78, 5) is 0. The standard InChI is InChI=1S/C16H17BClFO/c1-11-4-9-15(19)14(16(11)18)10-20-13-7-5-12(6-8-13)17(2)3/h4-9H,10H2,1-3H3. The first-order valence-electron chi connectivity index (χ1n) is 6.65. The van der Waals surface area contributed by atoms with Gasteiger partial charge in [-0.05, 0) is 30.7 Å². The molecule has 2 aromatic carbocycles. The molecule has 0 aliphatic rings. The monoisotopic (exact) mass is 290 g/mol. The van der Waals surface area contributed by atoms with Gasteiger partial charge in [0.1, 0.15) is 18.2 Å². The van der Waals surface area contributed by atoms with E-state index in [0.29, 0.717) is 23.0 Å². The van der Waals surface area contributed by atoms with Crippen LogP contribution in [-0.2, 0) is 6.61 Å². The third-order valence-electron chi connectivity index (χ3n) is 3.31. The SMILES string of the molecule is CB(C)c1ccc(OCc2c(F)ccc(C)c2Cl)cc1. The first kappa shape index (κ1) is 14.9. The van der Waals surface area contributed by atoms with Gasteiger partial charge < -0.3 is 4.74 Å². The molecule has 20 heavy (non-hydrogen) atoms. The van der Waals surface area contributed by atoms with Gasteiger partial charge in [0.15, 0.2) is 6.71 Å². The van der Waals surface area contributed by atoms with Crippen molar-refractivity contribution in [2.24, 2.45) is 0 Å². The Labute approximate surface area is 124 Å². The van der Waals surface area contributed by atoms with E-state index < -0.39 is 0 Å². The smallest absolute Gasteiger partial charge is 0.169 e. The lowest BCUT2D eigenvalue weighted by Crippen LogP contribution is -2.21. The van der Waals surface area contributed by atoms with E-state index in [9.17, 15) is 4.39 Å². The quantitative estimate of drug-likeness (QED) is 0.762. The van der Waals surface area contributed by atoms with Crippen molar-refractivity contribution in [1.82, 2.24) is 0 Å². The van der Waals surface area contributed by atoms with E-state index in [-0.39, 0.29) is 12.4 Å². The number of hydrogen-bond donors (Lipinski definition) is 0. The van der Waals surface area contributed by atoms with Crippen LogP contribution in [0.4, 0.5) is 4.39 Å². The molecule has 2 aromatic rings. The summed E-state index contributed by atoms with van der Waals surface area (Å²) in [7, 11) is 0. The highest BCUT2D eigenvalue weighted by Gasteiger charge is 2.10. The molecule has 0 aliphatic heterocycles. The number of halogens is 2. The maximum Gasteiger partial charge on any atom is 0.169 e. The Morgan fingerprint density at radius 3 is 2.35 bits per heavy atom. The summed E-state index contributed by atoms with van der Waals surface area (Å²) in [5.74, 6) is 0.380. The van der Waals surface area contributed by atoms with Crippen LogP contribution in [0.3, 0.4) is 0 Å². The summed E-state index contributed by atoms with van der Waals surface area (Å²) >= 11 is 6.11. The molecule has 0 radical (unpaired) electrons. The lowest BCUT2D eigenvalue weighted by Gasteiger charge is -2.11. The third-order valence-corrected chi connectivity index (χ3v) is 3.84. The summed E-state index contributed by atoms with van der Waals surface area (Å²) in [6.45, 7) is 6.73. The van der Waals surface area contributed by atoms with Gasteiger partial charge in [-0.25, -0.2) is 4.39 Å². The largest absolute Gasteiger partial charge is 0.489 e. The highest BCUT2D eigenvalue weighted by Crippen LogP contribution is 2.24. The van der Waals surface area contributed by atoms with Gasteiger partial charge in [-0.15, -0.1) is 0 Å². The van der Waals surface area contributed by atoms with Crippen LogP contribution in [0.2, 0.25) is 18.7 Å². The summed E-state index contributed by atoms with van der Waals surface area (Å²) in [6.07, 6.45) is 0. The van der Waals surface area contributed by atoms with Gasteiger partial charge in [0.2, 0.25) is 0 Å². The zero-order chi connectivity index (χ0) is 14.7. The fraction of sp³-hybridized carbons (Fsp3) is 0.250. The molecular formula is C16H17BClFO. The highest BCUT2D eigenvalue weighted by atomic mass is 35.5. The summed E-state index contributed by atoms with van der Waals surface area (Å²) in [5.41, 5.74) is 2.50. The number of aryl methyl sites for hydroxylation is 1. The van der Waals surface area contributed by atoms with Crippen molar-refractivity contribution < 1.29 is 9.13 Å². The molecule has 0 fully saturated rings. The molecule has 4 heteroatoms. The Balaban J connectivity index is 2.11. The van der Waals surface area contributed by atoms with E-state index in [1.54, 1.807) is 6.07 Å². The zero-order valence-corrected chi connectivity index (χ0v) is 12.7.